The summed E-state index contributed by atoms with van der Waals surface area (Å²) in [7, 11) is 0. The van der Waals surface area contributed by atoms with Crippen molar-refractivity contribution in [2.75, 3.05) is 6.61 Å². The molecular formula is C12H12ClN3O3. The fraction of sp³-hybridized carbons (Fsp3) is 0.250. The number of benzene rings is 1. The average Bonchev–Trinajstić information content (AvgIpc) is 2.86. The van der Waals surface area contributed by atoms with Crippen LogP contribution in [0, 0.1) is 0 Å². The number of hydrogen-bond acceptors (Lipinski definition) is 4. The van der Waals surface area contributed by atoms with Gasteiger partial charge in [0.15, 0.2) is 5.69 Å². The molecule has 1 aromatic carbocycles. The van der Waals surface area contributed by atoms with Crippen LogP contribution in [0.5, 0.6) is 5.75 Å². The Hall–Kier alpha value is -2.08. The molecule has 100 valence electrons. The highest BCUT2D eigenvalue weighted by atomic mass is 35.5. The van der Waals surface area contributed by atoms with Crippen LogP contribution in [0.15, 0.2) is 30.5 Å². The maximum absolute atomic E-state index is 10.6. The largest absolute Gasteiger partial charge is 0.494 e. The first kappa shape index (κ1) is 13.4. The number of aromatic nitrogens is 3. The van der Waals surface area contributed by atoms with Crippen molar-refractivity contribution in [2.45, 2.75) is 13.0 Å². The van der Waals surface area contributed by atoms with Gasteiger partial charge in [0.1, 0.15) is 5.75 Å². The molecule has 0 atom stereocenters. The predicted octanol–water partition coefficient (Wildman–Crippen LogP) is 2.10. The van der Waals surface area contributed by atoms with Gasteiger partial charge in [0, 0.05) is 18.0 Å². The number of carboxylic acids is 1. The van der Waals surface area contributed by atoms with Crippen molar-refractivity contribution >= 4 is 17.6 Å². The Kier molecular flexibility index (Phi) is 4.35. The fourth-order valence-corrected chi connectivity index (χ4v) is 1.58. The molecule has 2 rings (SSSR count). The lowest BCUT2D eigenvalue weighted by molar-refractivity contribution is 0.0690. The van der Waals surface area contributed by atoms with E-state index in [2.05, 4.69) is 10.3 Å². The van der Waals surface area contributed by atoms with E-state index in [4.69, 9.17) is 21.4 Å². The molecule has 0 spiro atoms. The van der Waals surface area contributed by atoms with Crippen molar-refractivity contribution in [3.05, 3.63) is 41.2 Å². The zero-order valence-electron chi connectivity index (χ0n) is 9.99. The van der Waals surface area contributed by atoms with E-state index < -0.39 is 5.97 Å². The van der Waals surface area contributed by atoms with Crippen molar-refractivity contribution in [1.82, 2.24) is 15.0 Å². The zero-order valence-corrected chi connectivity index (χ0v) is 10.7. The molecule has 0 amide bonds. The summed E-state index contributed by atoms with van der Waals surface area (Å²) < 4.78 is 6.98. The zero-order chi connectivity index (χ0) is 13.7. The van der Waals surface area contributed by atoms with Gasteiger partial charge in [-0.2, -0.15) is 0 Å². The maximum atomic E-state index is 10.6. The van der Waals surface area contributed by atoms with Crippen LogP contribution in [-0.4, -0.2) is 32.7 Å². The summed E-state index contributed by atoms with van der Waals surface area (Å²) in [5, 5.41) is 16.6. The minimum atomic E-state index is -1.08. The van der Waals surface area contributed by atoms with Crippen LogP contribution < -0.4 is 4.74 Å². The van der Waals surface area contributed by atoms with Crippen LogP contribution in [0.1, 0.15) is 16.9 Å². The molecule has 0 radical (unpaired) electrons. The number of carbonyl (C=O) groups is 1. The van der Waals surface area contributed by atoms with Crippen LogP contribution in [0.25, 0.3) is 0 Å². The lowest BCUT2D eigenvalue weighted by Crippen LogP contribution is -2.05. The van der Waals surface area contributed by atoms with Gasteiger partial charge in [-0.15, -0.1) is 5.10 Å². The third-order valence-electron chi connectivity index (χ3n) is 2.37. The third-order valence-corrected chi connectivity index (χ3v) is 2.62. The minimum absolute atomic E-state index is 0.0568. The first-order valence-electron chi connectivity index (χ1n) is 5.67. The van der Waals surface area contributed by atoms with Gasteiger partial charge in [-0.3, -0.25) is 4.68 Å². The van der Waals surface area contributed by atoms with E-state index in [0.717, 1.165) is 5.75 Å². The highest BCUT2D eigenvalue weighted by molar-refractivity contribution is 6.30. The van der Waals surface area contributed by atoms with E-state index in [9.17, 15) is 4.79 Å². The third kappa shape index (κ3) is 3.96. The van der Waals surface area contributed by atoms with Crippen LogP contribution >= 0.6 is 11.6 Å². The Morgan fingerprint density at radius 1 is 1.37 bits per heavy atom. The Bertz CT molecular complexity index is 554. The topological polar surface area (TPSA) is 77.2 Å². The minimum Gasteiger partial charge on any atom is -0.494 e. The number of carboxylic acid groups (broad SMARTS) is 1. The molecule has 0 aliphatic carbocycles. The van der Waals surface area contributed by atoms with Crippen molar-refractivity contribution in [2.24, 2.45) is 0 Å². The Labute approximate surface area is 114 Å². The monoisotopic (exact) mass is 281 g/mol. The summed E-state index contributed by atoms with van der Waals surface area (Å²) in [6.45, 7) is 1.05. The number of hydrogen-bond donors (Lipinski definition) is 1. The lowest BCUT2D eigenvalue weighted by Gasteiger charge is -2.05. The van der Waals surface area contributed by atoms with Gasteiger partial charge in [-0.1, -0.05) is 16.8 Å². The molecule has 0 unspecified atom stereocenters. The van der Waals surface area contributed by atoms with Crippen molar-refractivity contribution in [3.63, 3.8) is 0 Å². The number of aromatic carboxylic acids is 1. The highest BCUT2D eigenvalue weighted by Gasteiger charge is 2.07. The van der Waals surface area contributed by atoms with E-state index >= 15 is 0 Å². The lowest BCUT2D eigenvalue weighted by atomic mass is 10.3. The Morgan fingerprint density at radius 2 is 2.11 bits per heavy atom. The molecule has 19 heavy (non-hydrogen) atoms. The molecule has 0 aliphatic rings. The molecule has 0 fully saturated rings. The normalized spacial score (nSPS) is 10.4. The van der Waals surface area contributed by atoms with Gasteiger partial charge in [-0.25, -0.2) is 4.79 Å². The molecule has 2 aromatic rings. The first-order chi connectivity index (χ1) is 9.15. The van der Waals surface area contributed by atoms with E-state index in [-0.39, 0.29) is 5.69 Å². The van der Waals surface area contributed by atoms with Gasteiger partial charge in [0.05, 0.1) is 12.8 Å². The number of rotatable bonds is 6. The molecule has 6 nitrogen and oxygen atoms in total. The number of ether oxygens (including phenoxy) is 1. The Balaban J connectivity index is 1.74. The quantitative estimate of drug-likeness (QED) is 0.821. The molecule has 7 heteroatoms. The van der Waals surface area contributed by atoms with Gasteiger partial charge >= 0.3 is 5.97 Å². The van der Waals surface area contributed by atoms with Crippen molar-refractivity contribution in [3.8, 4) is 5.75 Å². The molecule has 1 heterocycles. The maximum Gasteiger partial charge on any atom is 0.358 e. The molecule has 0 bridgehead atoms. The summed E-state index contributed by atoms with van der Waals surface area (Å²) in [5.41, 5.74) is -0.0568. The van der Waals surface area contributed by atoms with Gasteiger partial charge < -0.3 is 9.84 Å². The summed E-state index contributed by atoms with van der Waals surface area (Å²) in [6.07, 6.45) is 2.09. The predicted molar refractivity (Wildman–Crippen MR) is 68.5 cm³/mol. The number of nitrogens with zero attached hydrogens (tertiary/aromatic N) is 3. The molecule has 0 saturated heterocycles. The molecular weight excluding hydrogens is 270 g/mol. The summed E-state index contributed by atoms with van der Waals surface area (Å²) in [4.78, 5) is 10.6. The van der Waals surface area contributed by atoms with Crippen molar-refractivity contribution < 1.29 is 14.6 Å². The van der Waals surface area contributed by atoms with Crippen LogP contribution in [-0.2, 0) is 6.54 Å². The van der Waals surface area contributed by atoms with E-state index in [1.54, 1.807) is 24.3 Å². The fourth-order valence-electron chi connectivity index (χ4n) is 1.45. The number of halogens is 1. The van der Waals surface area contributed by atoms with Crippen LogP contribution in [0.4, 0.5) is 0 Å². The smallest absolute Gasteiger partial charge is 0.358 e. The average molecular weight is 282 g/mol. The van der Waals surface area contributed by atoms with Crippen LogP contribution in [0.3, 0.4) is 0 Å². The Morgan fingerprint density at radius 3 is 2.74 bits per heavy atom. The number of aryl methyl sites for hydroxylation is 1. The molecule has 1 aromatic heterocycles. The second-order valence-corrected chi connectivity index (χ2v) is 4.26. The standard InChI is InChI=1S/C12H12ClN3O3/c13-9-2-4-10(5-3-9)19-7-1-6-16-8-11(12(17)18)14-15-16/h2-5,8H,1,6-7H2,(H,17,18). The van der Waals surface area contributed by atoms with E-state index in [1.807, 2.05) is 0 Å². The summed E-state index contributed by atoms with van der Waals surface area (Å²) in [6, 6.07) is 7.10. The second-order valence-electron chi connectivity index (χ2n) is 3.83. The van der Waals surface area contributed by atoms with Gasteiger partial charge in [0.25, 0.3) is 0 Å². The highest BCUT2D eigenvalue weighted by Crippen LogP contribution is 2.15. The van der Waals surface area contributed by atoms with Crippen LogP contribution in [0.2, 0.25) is 5.02 Å². The van der Waals surface area contributed by atoms with E-state index in [1.165, 1.54) is 10.9 Å². The molecule has 1 N–H and O–H groups in total. The summed E-state index contributed by atoms with van der Waals surface area (Å²) in [5.74, 6) is -0.335. The molecule has 0 saturated carbocycles. The summed E-state index contributed by atoms with van der Waals surface area (Å²) >= 11 is 5.76. The van der Waals surface area contributed by atoms with Gasteiger partial charge in [0.2, 0.25) is 0 Å². The van der Waals surface area contributed by atoms with E-state index in [0.29, 0.717) is 24.6 Å². The second kappa shape index (κ2) is 6.19. The van der Waals surface area contributed by atoms with Crippen molar-refractivity contribution in [1.29, 1.82) is 0 Å². The van der Waals surface area contributed by atoms with Gasteiger partial charge in [-0.05, 0) is 24.3 Å². The first-order valence-corrected chi connectivity index (χ1v) is 6.05. The SMILES string of the molecule is O=C(O)c1cn(CCCOc2ccc(Cl)cc2)nn1. The molecule has 0 aliphatic heterocycles.